The average molecular weight is 390 g/mol. The van der Waals surface area contributed by atoms with Gasteiger partial charge in [0.1, 0.15) is 4.88 Å². The normalized spacial score (nSPS) is 14.7. The van der Waals surface area contributed by atoms with Gasteiger partial charge in [0.25, 0.3) is 11.5 Å². The summed E-state index contributed by atoms with van der Waals surface area (Å²) >= 11 is 1.27. The molecule has 0 unspecified atom stereocenters. The van der Waals surface area contributed by atoms with Crippen LogP contribution in [0.15, 0.2) is 65.5 Å². The minimum Gasteiger partial charge on any atom is -0.368 e. The number of aromatic nitrogens is 2. The lowest BCUT2D eigenvalue weighted by Gasteiger charge is -2.36. The fourth-order valence-electron chi connectivity index (χ4n) is 3.66. The first kappa shape index (κ1) is 16.9. The SMILES string of the molecule is O=C(c1cc(=O)n2c(nc3ccccc32)s1)N1CCN(c2ccccc2)CC1. The maximum Gasteiger partial charge on any atom is 0.264 e. The van der Waals surface area contributed by atoms with Crippen LogP contribution in [0.25, 0.3) is 16.0 Å². The number of carbonyl (C=O) groups is 1. The molecule has 7 heteroatoms. The Morgan fingerprint density at radius 1 is 0.929 bits per heavy atom. The molecule has 5 rings (SSSR count). The molecule has 0 aliphatic carbocycles. The van der Waals surface area contributed by atoms with Gasteiger partial charge in [-0.25, -0.2) is 4.98 Å². The first-order chi connectivity index (χ1) is 13.7. The van der Waals surface area contributed by atoms with Crippen molar-refractivity contribution in [2.24, 2.45) is 0 Å². The summed E-state index contributed by atoms with van der Waals surface area (Å²) in [5, 5.41) is 0. The Bertz CT molecular complexity index is 1220. The van der Waals surface area contributed by atoms with Gasteiger partial charge < -0.3 is 9.80 Å². The lowest BCUT2D eigenvalue weighted by molar-refractivity contribution is 0.0751. The number of fused-ring (bicyclic) bond motifs is 3. The van der Waals surface area contributed by atoms with Gasteiger partial charge in [-0.2, -0.15) is 0 Å². The number of benzene rings is 2. The minimum absolute atomic E-state index is 0.0932. The monoisotopic (exact) mass is 390 g/mol. The van der Waals surface area contributed by atoms with Crippen molar-refractivity contribution in [3.05, 3.63) is 75.9 Å². The van der Waals surface area contributed by atoms with Crippen LogP contribution in [0.3, 0.4) is 0 Å². The molecule has 0 radical (unpaired) electrons. The second-order valence-electron chi connectivity index (χ2n) is 6.78. The van der Waals surface area contributed by atoms with E-state index in [9.17, 15) is 9.59 Å². The van der Waals surface area contributed by atoms with Crippen LogP contribution in [0.4, 0.5) is 5.69 Å². The lowest BCUT2D eigenvalue weighted by Crippen LogP contribution is -2.48. The minimum atomic E-state index is -0.214. The van der Waals surface area contributed by atoms with E-state index in [1.54, 1.807) is 4.40 Å². The third kappa shape index (κ3) is 2.84. The average Bonchev–Trinajstić information content (AvgIpc) is 3.13. The molecule has 2 aromatic carbocycles. The van der Waals surface area contributed by atoms with Gasteiger partial charge >= 0.3 is 0 Å². The molecule has 3 heterocycles. The number of carbonyl (C=O) groups excluding carboxylic acids is 1. The van der Waals surface area contributed by atoms with Crippen LogP contribution in [0.2, 0.25) is 0 Å². The molecule has 4 aromatic rings. The quantitative estimate of drug-likeness (QED) is 0.528. The zero-order valence-corrected chi connectivity index (χ0v) is 15.9. The standard InChI is InChI=1S/C21H18N4O2S/c26-19-14-18(28-21-22-16-8-4-5-9-17(16)25(19)21)20(27)24-12-10-23(11-13-24)15-6-2-1-3-7-15/h1-9,14H,10-13H2. The molecule has 0 atom stereocenters. The van der Waals surface area contributed by atoms with Crippen LogP contribution in [0.1, 0.15) is 9.67 Å². The first-order valence-corrected chi connectivity index (χ1v) is 10.0. The Kier molecular flexibility index (Phi) is 4.09. The first-order valence-electron chi connectivity index (χ1n) is 9.21. The van der Waals surface area contributed by atoms with E-state index in [4.69, 9.17) is 0 Å². The van der Waals surface area contributed by atoms with Crippen molar-refractivity contribution in [1.82, 2.24) is 14.3 Å². The molecule has 1 saturated heterocycles. The van der Waals surface area contributed by atoms with E-state index in [2.05, 4.69) is 22.0 Å². The zero-order chi connectivity index (χ0) is 19.1. The summed E-state index contributed by atoms with van der Waals surface area (Å²) in [5.74, 6) is -0.0932. The molecule has 140 valence electrons. The molecule has 0 bridgehead atoms. The highest BCUT2D eigenvalue weighted by Crippen LogP contribution is 2.21. The van der Waals surface area contributed by atoms with Gasteiger partial charge in [0.05, 0.1) is 11.0 Å². The van der Waals surface area contributed by atoms with Crippen molar-refractivity contribution < 1.29 is 4.79 Å². The van der Waals surface area contributed by atoms with Gasteiger partial charge in [0.2, 0.25) is 0 Å². The van der Waals surface area contributed by atoms with Gasteiger partial charge in [-0.1, -0.05) is 41.7 Å². The molecule has 6 nitrogen and oxygen atoms in total. The van der Waals surface area contributed by atoms with E-state index in [0.29, 0.717) is 22.9 Å². The fourth-order valence-corrected chi connectivity index (χ4v) is 4.65. The number of hydrogen-bond acceptors (Lipinski definition) is 5. The number of para-hydroxylation sites is 3. The van der Waals surface area contributed by atoms with E-state index in [1.165, 1.54) is 23.1 Å². The van der Waals surface area contributed by atoms with Crippen LogP contribution < -0.4 is 10.5 Å². The highest BCUT2D eigenvalue weighted by molar-refractivity contribution is 7.18. The molecule has 28 heavy (non-hydrogen) atoms. The molecule has 1 amide bonds. The molecular formula is C21H18N4O2S. The van der Waals surface area contributed by atoms with Crippen molar-refractivity contribution >= 4 is 38.9 Å². The molecule has 0 saturated carbocycles. The van der Waals surface area contributed by atoms with Crippen molar-refractivity contribution in [2.45, 2.75) is 0 Å². The van der Waals surface area contributed by atoms with Crippen molar-refractivity contribution in [1.29, 1.82) is 0 Å². The fraction of sp³-hybridized carbons (Fsp3) is 0.190. The highest BCUT2D eigenvalue weighted by atomic mass is 32.1. The molecule has 0 N–H and O–H groups in total. The smallest absolute Gasteiger partial charge is 0.264 e. The number of anilines is 1. The summed E-state index contributed by atoms with van der Waals surface area (Å²) in [4.78, 5) is 35.3. The van der Waals surface area contributed by atoms with Gasteiger partial charge in [-0.15, -0.1) is 0 Å². The molecule has 0 spiro atoms. The maximum absolute atomic E-state index is 13.0. The molecule has 1 aliphatic heterocycles. The van der Waals surface area contributed by atoms with Crippen molar-refractivity contribution in [3.63, 3.8) is 0 Å². The Hall–Kier alpha value is -3.19. The lowest BCUT2D eigenvalue weighted by atomic mass is 10.2. The predicted molar refractivity (Wildman–Crippen MR) is 111 cm³/mol. The number of hydrogen-bond donors (Lipinski definition) is 0. The predicted octanol–water partition coefficient (Wildman–Crippen LogP) is 2.87. The molecule has 1 aliphatic rings. The number of amides is 1. The summed E-state index contributed by atoms with van der Waals surface area (Å²) < 4.78 is 1.57. The Balaban J connectivity index is 1.41. The van der Waals surface area contributed by atoms with Crippen LogP contribution >= 0.6 is 11.3 Å². The van der Waals surface area contributed by atoms with Gasteiger partial charge in [0, 0.05) is 37.9 Å². The van der Waals surface area contributed by atoms with Crippen molar-refractivity contribution in [2.75, 3.05) is 31.1 Å². The molecular weight excluding hydrogens is 372 g/mol. The molecule has 1 fully saturated rings. The zero-order valence-electron chi connectivity index (χ0n) is 15.1. The second-order valence-corrected chi connectivity index (χ2v) is 7.79. The van der Waals surface area contributed by atoms with Gasteiger partial charge in [0.15, 0.2) is 4.96 Å². The van der Waals surface area contributed by atoms with Gasteiger partial charge in [-0.05, 0) is 24.3 Å². The Labute approximate surface area is 165 Å². The summed E-state index contributed by atoms with van der Waals surface area (Å²) in [6.07, 6.45) is 0. The van der Waals surface area contributed by atoms with E-state index < -0.39 is 0 Å². The summed E-state index contributed by atoms with van der Waals surface area (Å²) in [6, 6.07) is 19.2. The van der Waals surface area contributed by atoms with Crippen molar-refractivity contribution in [3.8, 4) is 0 Å². The second kappa shape index (κ2) is 6.76. The third-order valence-corrected chi connectivity index (χ3v) is 6.07. The van der Waals surface area contributed by atoms with E-state index in [0.717, 1.165) is 24.1 Å². The third-order valence-electron chi connectivity index (χ3n) is 5.11. The van der Waals surface area contributed by atoms with E-state index >= 15 is 0 Å². The number of imidazole rings is 1. The topological polar surface area (TPSA) is 57.9 Å². The van der Waals surface area contributed by atoms with E-state index in [1.807, 2.05) is 47.4 Å². The van der Waals surface area contributed by atoms with Gasteiger partial charge in [-0.3, -0.25) is 14.0 Å². The Morgan fingerprint density at radius 3 is 2.43 bits per heavy atom. The summed E-state index contributed by atoms with van der Waals surface area (Å²) in [5.41, 5.74) is 2.49. The Morgan fingerprint density at radius 2 is 1.64 bits per heavy atom. The van der Waals surface area contributed by atoms with E-state index in [-0.39, 0.29) is 11.5 Å². The van der Waals surface area contributed by atoms with Crippen LogP contribution in [-0.2, 0) is 0 Å². The number of nitrogens with zero attached hydrogens (tertiary/aromatic N) is 4. The highest BCUT2D eigenvalue weighted by Gasteiger charge is 2.24. The number of piperazine rings is 1. The summed E-state index contributed by atoms with van der Waals surface area (Å²) in [7, 11) is 0. The summed E-state index contributed by atoms with van der Waals surface area (Å²) in [6.45, 7) is 2.83. The van der Waals surface area contributed by atoms with Crippen LogP contribution in [0, 0.1) is 0 Å². The largest absolute Gasteiger partial charge is 0.368 e. The van der Waals surface area contributed by atoms with Crippen LogP contribution in [0.5, 0.6) is 0 Å². The number of rotatable bonds is 2. The maximum atomic E-state index is 13.0. The molecule has 2 aromatic heterocycles. The van der Waals surface area contributed by atoms with Crippen LogP contribution in [-0.4, -0.2) is 46.4 Å².